The summed E-state index contributed by atoms with van der Waals surface area (Å²) in [6.45, 7) is 1.86. The van der Waals surface area contributed by atoms with Crippen LogP contribution in [-0.4, -0.2) is 9.55 Å². The topological polar surface area (TPSA) is 43.8 Å². The van der Waals surface area contributed by atoms with Gasteiger partial charge in [-0.1, -0.05) is 25.3 Å². The number of aryl methyl sites for hydroxylation is 1. The Morgan fingerprint density at radius 3 is 2.60 bits per heavy atom. The number of hydrogen-bond acceptors (Lipinski definition) is 2. The molecule has 0 bridgehead atoms. The predicted molar refractivity (Wildman–Crippen MR) is 77.2 cm³/mol. The Morgan fingerprint density at radius 1 is 1.25 bits per heavy atom. The van der Waals surface area contributed by atoms with Crippen LogP contribution in [0.4, 0.5) is 4.39 Å². The van der Waals surface area contributed by atoms with Crippen LogP contribution in [0.25, 0.3) is 5.69 Å². The van der Waals surface area contributed by atoms with Gasteiger partial charge in [0.1, 0.15) is 11.6 Å². The molecule has 1 saturated carbocycles. The van der Waals surface area contributed by atoms with Gasteiger partial charge in [0.05, 0.1) is 5.69 Å². The van der Waals surface area contributed by atoms with Gasteiger partial charge in [-0.15, -0.1) is 0 Å². The molecule has 1 aromatic heterocycles. The first-order valence-corrected chi connectivity index (χ1v) is 7.19. The first kappa shape index (κ1) is 13.3. The van der Waals surface area contributed by atoms with Crippen molar-refractivity contribution in [1.29, 1.82) is 0 Å². The minimum Gasteiger partial charge on any atom is -0.321 e. The quantitative estimate of drug-likeness (QED) is 0.911. The summed E-state index contributed by atoms with van der Waals surface area (Å²) in [5.74, 6) is 0.538. The number of nitrogens with two attached hydrogens (primary N) is 1. The van der Waals surface area contributed by atoms with E-state index in [0.717, 1.165) is 37.1 Å². The smallest absolute Gasteiger partial charge is 0.147 e. The molecule has 1 aromatic carbocycles. The number of aromatic nitrogens is 2. The van der Waals surface area contributed by atoms with Crippen molar-refractivity contribution in [2.45, 2.75) is 44.6 Å². The summed E-state index contributed by atoms with van der Waals surface area (Å²) in [7, 11) is 0. The number of nitrogens with zero attached hydrogens (tertiary/aromatic N) is 2. The molecule has 4 heteroatoms. The number of hydrogen-bond donors (Lipinski definition) is 1. The van der Waals surface area contributed by atoms with Crippen LogP contribution >= 0.6 is 0 Å². The van der Waals surface area contributed by atoms with Gasteiger partial charge in [0.25, 0.3) is 0 Å². The molecule has 0 saturated heterocycles. The monoisotopic (exact) mass is 273 g/mol. The molecule has 1 heterocycles. The molecule has 0 atom stereocenters. The summed E-state index contributed by atoms with van der Waals surface area (Å²) in [6, 6.07) is 5.37. The first-order chi connectivity index (χ1) is 9.60. The fourth-order valence-electron chi connectivity index (χ4n) is 3.12. The second kappa shape index (κ2) is 5.02. The zero-order valence-electron chi connectivity index (χ0n) is 11.8. The zero-order valence-corrected chi connectivity index (χ0v) is 11.8. The van der Waals surface area contributed by atoms with E-state index in [4.69, 9.17) is 5.73 Å². The third kappa shape index (κ3) is 2.24. The van der Waals surface area contributed by atoms with Crippen LogP contribution in [0.1, 0.15) is 43.5 Å². The summed E-state index contributed by atoms with van der Waals surface area (Å²) in [6.07, 6.45) is 8.81. The molecular weight excluding hydrogens is 253 g/mol. The number of rotatable bonds is 2. The van der Waals surface area contributed by atoms with Gasteiger partial charge in [-0.2, -0.15) is 0 Å². The van der Waals surface area contributed by atoms with Crippen LogP contribution in [0.5, 0.6) is 0 Å². The average Bonchev–Trinajstić information content (AvgIpc) is 2.86. The molecule has 2 aromatic rings. The van der Waals surface area contributed by atoms with E-state index in [1.54, 1.807) is 23.0 Å². The normalized spacial score (nSPS) is 18.1. The highest BCUT2D eigenvalue weighted by Gasteiger charge is 2.30. The van der Waals surface area contributed by atoms with Crippen LogP contribution in [0.2, 0.25) is 0 Å². The Labute approximate surface area is 118 Å². The fraction of sp³-hybridized carbons (Fsp3) is 0.438. The van der Waals surface area contributed by atoms with Crippen molar-refractivity contribution in [3.05, 3.63) is 47.8 Å². The highest BCUT2D eigenvalue weighted by Crippen LogP contribution is 2.35. The van der Waals surface area contributed by atoms with E-state index in [-0.39, 0.29) is 11.4 Å². The van der Waals surface area contributed by atoms with E-state index in [0.29, 0.717) is 5.69 Å². The van der Waals surface area contributed by atoms with E-state index >= 15 is 0 Å². The lowest BCUT2D eigenvalue weighted by Gasteiger charge is -2.34. The average molecular weight is 273 g/mol. The SMILES string of the molecule is Cc1nccn1-c1ccc(C2(N)CCCCC2)cc1F. The van der Waals surface area contributed by atoms with Crippen molar-refractivity contribution in [2.24, 2.45) is 5.73 Å². The maximum Gasteiger partial charge on any atom is 0.147 e. The van der Waals surface area contributed by atoms with Crippen LogP contribution in [-0.2, 0) is 5.54 Å². The Balaban J connectivity index is 1.97. The minimum absolute atomic E-state index is 0.237. The van der Waals surface area contributed by atoms with Gasteiger partial charge in [0, 0.05) is 17.9 Å². The Kier molecular flexibility index (Phi) is 3.34. The van der Waals surface area contributed by atoms with Crippen LogP contribution in [0, 0.1) is 12.7 Å². The molecule has 20 heavy (non-hydrogen) atoms. The standard InChI is InChI=1S/C16H20FN3/c1-12-19-9-10-20(12)15-6-5-13(11-14(15)17)16(18)7-3-2-4-8-16/h5-6,9-11H,2-4,7-8,18H2,1H3. The summed E-state index contributed by atoms with van der Waals surface area (Å²) >= 11 is 0. The largest absolute Gasteiger partial charge is 0.321 e. The van der Waals surface area contributed by atoms with E-state index < -0.39 is 0 Å². The molecule has 3 rings (SSSR count). The third-order valence-electron chi connectivity index (χ3n) is 4.35. The number of halogens is 1. The number of benzene rings is 1. The molecule has 1 fully saturated rings. The summed E-state index contributed by atoms with van der Waals surface area (Å²) in [4.78, 5) is 4.13. The lowest BCUT2D eigenvalue weighted by molar-refractivity contribution is 0.301. The molecule has 1 aliphatic rings. The summed E-state index contributed by atoms with van der Waals surface area (Å²) in [5.41, 5.74) is 7.55. The van der Waals surface area contributed by atoms with Crippen LogP contribution < -0.4 is 5.73 Å². The van der Waals surface area contributed by atoms with Crippen molar-refractivity contribution in [3.63, 3.8) is 0 Å². The minimum atomic E-state index is -0.360. The molecule has 106 valence electrons. The maximum absolute atomic E-state index is 14.4. The summed E-state index contributed by atoms with van der Waals surface area (Å²) in [5, 5.41) is 0. The highest BCUT2D eigenvalue weighted by molar-refractivity contribution is 5.40. The zero-order chi connectivity index (χ0) is 14.2. The Hall–Kier alpha value is -1.68. The first-order valence-electron chi connectivity index (χ1n) is 7.19. The van der Waals surface area contributed by atoms with Crippen molar-refractivity contribution < 1.29 is 4.39 Å². The molecule has 0 amide bonds. The van der Waals surface area contributed by atoms with Gasteiger partial charge in [0.2, 0.25) is 0 Å². The molecular formula is C16H20FN3. The Morgan fingerprint density at radius 2 is 2.00 bits per heavy atom. The van der Waals surface area contributed by atoms with E-state index in [1.807, 2.05) is 19.1 Å². The van der Waals surface area contributed by atoms with E-state index in [1.165, 1.54) is 6.42 Å². The fourth-order valence-corrected chi connectivity index (χ4v) is 3.12. The molecule has 0 unspecified atom stereocenters. The predicted octanol–water partition coefficient (Wildman–Crippen LogP) is 3.44. The van der Waals surface area contributed by atoms with Crippen molar-refractivity contribution in [1.82, 2.24) is 9.55 Å². The summed E-state index contributed by atoms with van der Waals surface area (Å²) < 4.78 is 16.2. The molecule has 0 radical (unpaired) electrons. The van der Waals surface area contributed by atoms with E-state index in [9.17, 15) is 4.39 Å². The molecule has 0 aliphatic heterocycles. The lowest BCUT2D eigenvalue weighted by atomic mass is 9.77. The maximum atomic E-state index is 14.4. The van der Waals surface area contributed by atoms with E-state index in [2.05, 4.69) is 4.98 Å². The lowest BCUT2D eigenvalue weighted by Crippen LogP contribution is -2.38. The van der Waals surface area contributed by atoms with Gasteiger partial charge in [-0.25, -0.2) is 9.37 Å². The second-order valence-corrected chi connectivity index (χ2v) is 5.73. The van der Waals surface area contributed by atoms with Crippen LogP contribution in [0.15, 0.2) is 30.6 Å². The molecule has 1 aliphatic carbocycles. The van der Waals surface area contributed by atoms with Gasteiger partial charge >= 0.3 is 0 Å². The molecule has 0 spiro atoms. The molecule has 3 nitrogen and oxygen atoms in total. The van der Waals surface area contributed by atoms with Crippen molar-refractivity contribution in [2.75, 3.05) is 0 Å². The van der Waals surface area contributed by atoms with Gasteiger partial charge in [0.15, 0.2) is 0 Å². The highest BCUT2D eigenvalue weighted by atomic mass is 19.1. The third-order valence-corrected chi connectivity index (χ3v) is 4.35. The van der Waals surface area contributed by atoms with Crippen molar-refractivity contribution >= 4 is 0 Å². The van der Waals surface area contributed by atoms with Crippen molar-refractivity contribution in [3.8, 4) is 5.69 Å². The van der Waals surface area contributed by atoms with Gasteiger partial charge in [-0.3, -0.25) is 0 Å². The Bertz CT molecular complexity index is 612. The van der Waals surface area contributed by atoms with Crippen LogP contribution in [0.3, 0.4) is 0 Å². The second-order valence-electron chi connectivity index (χ2n) is 5.73. The van der Waals surface area contributed by atoms with Gasteiger partial charge in [-0.05, 0) is 37.5 Å². The van der Waals surface area contributed by atoms with Gasteiger partial charge < -0.3 is 10.3 Å². The number of imidazole rings is 1. The molecule has 2 N–H and O–H groups in total.